The van der Waals surface area contributed by atoms with Gasteiger partial charge >= 0.3 is 0 Å². The summed E-state index contributed by atoms with van der Waals surface area (Å²) in [6.07, 6.45) is 0.531. The average molecular weight is 304 g/mol. The van der Waals surface area contributed by atoms with Crippen molar-refractivity contribution in [1.29, 1.82) is 0 Å². The number of hydrogen-bond acceptors (Lipinski definition) is 2. The van der Waals surface area contributed by atoms with Gasteiger partial charge in [-0.3, -0.25) is 4.68 Å². The number of halogens is 1. The fraction of sp³-hybridized carbons (Fsp3) is 0.500. The van der Waals surface area contributed by atoms with Crippen LogP contribution in [0.25, 0.3) is 0 Å². The summed E-state index contributed by atoms with van der Waals surface area (Å²) in [4.78, 5) is 0. The minimum Gasteiger partial charge on any atom is -0.474 e. The minimum atomic E-state index is -0.174. The molecule has 0 spiro atoms. The molecule has 0 aliphatic carbocycles. The van der Waals surface area contributed by atoms with Crippen LogP contribution in [0, 0.1) is 19.7 Å². The highest BCUT2D eigenvalue weighted by molar-refractivity contribution is 5.37. The molecule has 0 N–H and O–H groups in total. The Labute approximate surface area is 132 Å². The van der Waals surface area contributed by atoms with Crippen molar-refractivity contribution in [3.8, 4) is 5.88 Å². The summed E-state index contributed by atoms with van der Waals surface area (Å²) in [5.74, 6) is 0.438. The highest BCUT2D eigenvalue weighted by Crippen LogP contribution is 2.28. The molecule has 0 unspecified atom stereocenters. The van der Waals surface area contributed by atoms with Gasteiger partial charge in [0.2, 0.25) is 5.88 Å². The third-order valence-corrected chi connectivity index (χ3v) is 3.65. The van der Waals surface area contributed by atoms with Crippen molar-refractivity contribution < 1.29 is 9.13 Å². The molecule has 22 heavy (non-hydrogen) atoms. The molecule has 1 heterocycles. The normalized spacial score (nSPS) is 11.5. The monoisotopic (exact) mass is 304 g/mol. The van der Waals surface area contributed by atoms with Gasteiger partial charge in [0.05, 0.1) is 6.10 Å². The van der Waals surface area contributed by atoms with Crippen molar-refractivity contribution in [2.24, 2.45) is 0 Å². The van der Waals surface area contributed by atoms with E-state index < -0.39 is 0 Å². The molecule has 0 aliphatic rings. The summed E-state index contributed by atoms with van der Waals surface area (Å²) in [7, 11) is 0. The molecule has 0 atom stereocenters. The number of ether oxygens (including phenoxy) is 1. The van der Waals surface area contributed by atoms with E-state index in [4.69, 9.17) is 4.74 Å². The SMILES string of the molecule is Cc1ccc(Cc2c(OC(C)C)nn(C(C)C)c2C)c(F)c1. The predicted octanol–water partition coefficient (Wildman–Crippen LogP) is 4.60. The van der Waals surface area contributed by atoms with Crippen LogP contribution in [0.15, 0.2) is 18.2 Å². The van der Waals surface area contributed by atoms with Crippen molar-refractivity contribution >= 4 is 0 Å². The number of rotatable bonds is 5. The Morgan fingerprint density at radius 2 is 1.86 bits per heavy atom. The zero-order chi connectivity index (χ0) is 16.4. The molecule has 4 heteroatoms. The van der Waals surface area contributed by atoms with Crippen LogP contribution in [0.2, 0.25) is 0 Å². The topological polar surface area (TPSA) is 27.1 Å². The maximum absolute atomic E-state index is 14.2. The predicted molar refractivity (Wildman–Crippen MR) is 87.1 cm³/mol. The number of hydrogen-bond donors (Lipinski definition) is 0. The van der Waals surface area contributed by atoms with Gasteiger partial charge in [-0.15, -0.1) is 5.10 Å². The largest absolute Gasteiger partial charge is 0.474 e. The van der Waals surface area contributed by atoms with Gasteiger partial charge in [-0.2, -0.15) is 0 Å². The lowest BCUT2D eigenvalue weighted by Gasteiger charge is -2.10. The van der Waals surface area contributed by atoms with Crippen molar-refractivity contribution in [2.45, 2.75) is 60.1 Å². The standard InChI is InChI=1S/C18H25FN2O/c1-11(2)21-14(6)16(18(20-21)22-12(3)4)10-15-8-7-13(5)9-17(15)19/h7-9,11-12H,10H2,1-6H3. The third kappa shape index (κ3) is 3.49. The molecule has 3 nitrogen and oxygen atoms in total. The van der Waals surface area contributed by atoms with E-state index in [1.54, 1.807) is 6.07 Å². The zero-order valence-corrected chi connectivity index (χ0v) is 14.3. The number of aromatic nitrogens is 2. The Hall–Kier alpha value is -1.84. The molecule has 0 radical (unpaired) electrons. The molecule has 1 aromatic carbocycles. The Balaban J connectivity index is 2.43. The number of nitrogens with zero attached hydrogens (tertiary/aromatic N) is 2. The lowest BCUT2D eigenvalue weighted by atomic mass is 10.0. The summed E-state index contributed by atoms with van der Waals surface area (Å²) < 4.78 is 21.9. The highest BCUT2D eigenvalue weighted by atomic mass is 19.1. The maximum Gasteiger partial charge on any atom is 0.236 e. The molecule has 120 valence electrons. The molecule has 0 amide bonds. The van der Waals surface area contributed by atoms with Crippen LogP contribution in [0.3, 0.4) is 0 Å². The molecule has 0 aliphatic heterocycles. The summed E-state index contributed by atoms with van der Waals surface area (Å²) in [5.41, 5.74) is 3.59. The lowest BCUT2D eigenvalue weighted by molar-refractivity contribution is 0.227. The fourth-order valence-corrected chi connectivity index (χ4v) is 2.54. The summed E-state index contributed by atoms with van der Waals surface area (Å²) in [5, 5.41) is 4.56. The van der Waals surface area contributed by atoms with E-state index in [0.29, 0.717) is 17.9 Å². The Morgan fingerprint density at radius 1 is 1.18 bits per heavy atom. The van der Waals surface area contributed by atoms with Crippen LogP contribution in [-0.2, 0) is 6.42 Å². The first-order valence-corrected chi connectivity index (χ1v) is 7.79. The van der Waals surface area contributed by atoms with Gasteiger partial charge < -0.3 is 4.74 Å². The van der Waals surface area contributed by atoms with E-state index >= 15 is 0 Å². The van der Waals surface area contributed by atoms with E-state index in [0.717, 1.165) is 16.8 Å². The van der Waals surface area contributed by atoms with Crippen molar-refractivity contribution in [3.05, 3.63) is 46.4 Å². The second-order valence-electron chi connectivity index (χ2n) is 6.35. The van der Waals surface area contributed by atoms with Gasteiger partial charge in [0.25, 0.3) is 0 Å². The molecule has 0 bridgehead atoms. The van der Waals surface area contributed by atoms with Gasteiger partial charge in [0.1, 0.15) is 5.82 Å². The summed E-state index contributed by atoms with van der Waals surface area (Å²) in [6.45, 7) is 12.0. The van der Waals surface area contributed by atoms with E-state index in [1.165, 1.54) is 0 Å². The van der Waals surface area contributed by atoms with Gasteiger partial charge in [0.15, 0.2) is 0 Å². The Morgan fingerprint density at radius 3 is 2.41 bits per heavy atom. The zero-order valence-electron chi connectivity index (χ0n) is 14.3. The Bertz CT molecular complexity index is 659. The average Bonchev–Trinajstić information content (AvgIpc) is 2.70. The Kier molecular flexibility index (Phi) is 4.89. The second kappa shape index (κ2) is 6.51. The van der Waals surface area contributed by atoms with E-state index in [1.807, 2.05) is 44.5 Å². The minimum absolute atomic E-state index is 0.0385. The van der Waals surface area contributed by atoms with Crippen molar-refractivity contribution in [3.63, 3.8) is 0 Å². The molecule has 0 saturated heterocycles. The third-order valence-electron chi connectivity index (χ3n) is 3.65. The van der Waals surface area contributed by atoms with Crippen LogP contribution in [0.1, 0.15) is 56.1 Å². The second-order valence-corrected chi connectivity index (χ2v) is 6.35. The van der Waals surface area contributed by atoms with Gasteiger partial charge in [-0.05, 0) is 58.7 Å². The van der Waals surface area contributed by atoms with Crippen LogP contribution < -0.4 is 4.74 Å². The maximum atomic E-state index is 14.2. The molecule has 0 saturated carbocycles. The van der Waals surface area contributed by atoms with Gasteiger partial charge in [-0.1, -0.05) is 12.1 Å². The highest BCUT2D eigenvalue weighted by Gasteiger charge is 2.20. The van der Waals surface area contributed by atoms with Gasteiger partial charge in [-0.25, -0.2) is 4.39 Å². The first-order valence-electron chi connectivity index (χ1n) is 7.79. The van der Waals surface area contributed by atoms with E-state index in [9.17, 15) is 4.39 Å². The number of aryl methyl sites for hydroxylation is 1. The van der Waals surface area contributed by atoms with Crippen molar-refractivity contribution in [1.82, 2.24) is 9.78 Å². The van der Waals surface area contributed by atoms with Crippen LogP contribution in [-0.4, -0.2) is 15.9 Å². The fourth-order valence-electron chi connectivity index (χ4n) is 2.54. The smallest absolute Gasteiger partial charge is 0.236 e. The summed E-state index contributed by atoms with van der Waals surface area (Å²) >= 11 is 0. The number of benzene rings is 1. The van der Waals surface area contributed by atoms with Crippen LogP contribution in [0.4, 0.5) is 4.39 Å². The molecule has 2 rings (SSSR count). The molecule has 0 fully saturated rings. The first-order chi connectivity index (χ1) is 10.3. The molecule has 1 aromatic heterocycles. The van der Waals surface area contributed by atoms with Crippen LogP contribution in [0.5, 0.6) is 5.88 Å². The molecule has 2 aromatic rings. The summed E-state index contributed by atoms with van der Waals surface area (Å²) in [6, 6.07) is 5.59. The van der Waals surface area contributed by atoms with E-state index in [-0.39, 0.29) is 18.0 Å². The lowest BCUT2D eigenvalue weighted by Crippen LogP contribution is -2.08. The van der Waals surface area contributed by atoms with Crippen LogP contribution >= 0.6 is 0 Å². The van der Waals surface area contributed by atoms with E-state index in [2.05, 4.69) is 18.9 Å². The quantitative estimate of drug-likeness (QED) is 0.807. The van der Waals surface area contributed by atoms with Crippen molar-refractivity contribution in [2.75, 3.05) is 0 Å². The molecular formula is C18H25FN2O. The first kappa shape index (κ1) is 16.5. The van der Waals surface area contributed by atoms with Gasteiger partial charge in [0, 0.05) is 23.7 Å². The molecular weight excluding hydrogens is 279 g/mol.